The Morgan fingerprint density at radius 2 is 1.56 bits per heavy atom. The van der Waals surface area contributed by atoms with E-state index in [0.29, 0.717) is 23.4 Å². The number of aliphatic hydroxyl groups is 1. The Morgan fingerprint density at radius 1 is 0.978 bits per heavy atom. The summed E-state index contributed by atoms with van der Waals surface area (Å²) in [6, 6.07) is 4.78. The quantitative estimate of drug-likeness (QED) is 0.143. The van der Waals surface area contributed by atoms with E-state index in [1.165, 1.54) is 20.4 Å². The van der Waals surface area contributed by atoms with Crippen molar-refractivity contribution in [2.45, 2.75) is 63.8 Å². The summed E-state index contributed by atoms with van der Waals surface area (Å²) < 4.78 is 39.6. The van der Waals surface area contributed by atoms with Crippen LogP contribution in [0.4, 0.5) is 0 Å². The lowest BCUT2D eigenvalue weighted by molar-refractivity contribution is -0.143. The van der Waals surface area contributed by atoms with Crippen LogP contribution in [0.15, 0.2) is 36.5 Å². The Bertz CT molecular complexity index is 1380. The highest BCUT2D eigenvalue weighted by Gasteiger charge is 2.39. The van der Waals surface area contributed by atoms with Gasteiger partial charge in [-0.15, -0.1) is 11.3 Å². The molecule has 0 bridgehead atoms. The molecule has 0 spiro atoms. The highest BCUT2D eigenvalue weighted by molar-refractivity contribution is 7.86. The Labute approximate surface area is 267 Å². The summed E-state index contributed by atoms with van der Waals surface area (Å²) >= 11 is 1.14. The van der Waals surface area contributed by atoms with Gasteiger partial charge in [0.1, 0.15) is 29.2 Å². The van der Waals surface area contributed by atoms with E-state index in [9.17, 15) is 32.7 Å². The summed E-state index contributed by atoms with van der Waals surface area (Å²) in [5.74, 6) is -3.32. The Hall–Kier alpha value is -3.28. The van der Waals surface area contributed by atoms with Crippen LogP contribution in [0.2, 0.25) is 0 Å². The molecule has 14 nitrogen and oxygen atoms in total. The summed E-state index contributed by atoms with van der Waals surface area (Å²) in [6.45, 7) is 3.27. The van der Waals surface area contributed by atoms with Crippen molar-refractivity contribution >= 4 is 45.0 Å². The first-order valence-corrected chi connectivity index (χ1v) is 16.6. The predicted octanol–water partition coefficient (Wildman–Crippen LogP) is 0.522. The number of aromatic nitrogens is 1. The largest absolute Gasteiger partial charge is 0.382 e. The molecule has 0 radical (unpaired) electrons. The second-order valence-corrected chi connectivity index (χ2v) is 13.5. The van der Waals surface area contributed by atoms with E-state index in [2.05, 4.69) is 20.9 Å². The number of unbranched alkanes of at least 4 members (excludes halogenated alkanes) is 1. The van der Waals surface area contributed by atoms with Gasteiger partial charge in [0.25, 0.3) is 16.0 Å². The zero-order chi connectivity index (χ0) is 33.6. The van der Waals surface area contributed by atoms with Crippen LogP contribution in [0.3, 0.4) is 0 Å². The second kappa shape index (κ2) is 18.0. The van der Waals surface area contributed by atoms with Crippen LogP contribution in [0.5, 0.6) is 0 Å². The molecule has 2 rings (SSSR count). The number of rotatable bonds is 20. The SMILES string of the molecule is CCCCS(=O)(=O)OCC(C)(O)C(=O)[C@H](Cc1ccccc1)NC(=O)[C@H](COC)NC(=O)[C@H](COC)NC(=O)c1cnc(C)s1. The van der Waals surface area contributed by atoms with E-state index in [1.54, 1.807) is 37.3 Å². The van der Waals surface area contributed by atoms with E-state index < -0.39 is 64.0 Å². The lowest BCUT2D eigenvalue weighted by Gasteiger charge is -2.29. The number of ketones is 1. The minimum atomic E-state index is -4.00. The maximum absolute atomic E-state index is 13.6. The molecule has 0 aliphatic carbocycles. The Morgan fingerprint density at radius 3 is 2.09 bits per heavy atom. The van der Waals surface area contributed by atoms with E-state index in [0.717, 1.165) is 18.3 Å². The van der Waals surface area contributed by atoms with Gasteiger partial charge in [-0.2, -0.15) is 8.42 Å². The summed E-state index contributed by atoms with van der Waals surface area (Å²) in [6.07, 6.45) is 2.27. The van der Waals surface area contributed by atoms with Crippen molar-refractivity contribution in [2.75, 3.05) is 39.8 Å². The minimum absolute atomic E-state index is 0.0611. The van der Waals surface area contributed by atoms with Crippen LogP contribution in [0.1, 0.15) is 46.9 Å². The van der Waals surface area contributed by atoms with Crippen molar-refractivity contribution in [1.82, 2.24) is 20.9 Å². The maximum atomic E-state index is 13.6. The summed E-state index contributed by atoms with van der Waals surface area (Å²) in [4.78, 5) is 57.2. The van der Waals surface area contributed by atoms with Crippen LogP contribution in [-0.4, -0.2) is 106 Å². The zero-order valence-corrected chi connectivity index (χ0v) is 27.7. The number of amides is 3. The van der Waals surface area contributed by atoms with Crippen LogP contribution >= 0.6 is 11.3 Å². The number of thiazole rings is 1. The average Bonchev–Trinajstić information content (AvgIpc) is 3.44. The number of hydrogen-bond acceptors (Lipinski definition) is 12. The lowest BCUT2D eigenvalue weighted by atomic mass is 9.91. The molecule has 4 N–H and O–H groups in total. The minimum Gasteiger partial charge on any atom is -0.382 e. The van der Waals surface area contributed by atoms with E-state index >= 15 is 0 Å². The van der Waals surface area contributed by atoms with Crippen molar-refractivity contribution in [3.8, 4) is 0 Å². The number of benzene rings is 1. The maximum Gasteiger partial charge on any atom is 0.267 e. The molecule has 1 unspecified atom stereocenters. The van der Waals surface area contributed by atoms with Crippen LogP contribution in [0, 0.1) is 6.92 Å². The molecule has 0 aliphatic heterocycles. The molecule has 45 heavy (non-hydrogen) atoms. The number of carbonyl (C=O) groups is 4. The molecule has 3 amide bonds. The van der Waals surface area contributed by atoms with Crippen molar-refractivity contribution in [2.24, 2.45) is 0 Å². The van der Waals surface area contributed by atoms with Crippen molar-refractivity contribution < 1.29 is 46.4 Å². The molecule has 0 saturated heterocycles. The molecule has 0 saturated carbocycles. The first kappa shape index (κ1) is 37.9. The highest BCUT2D eigenvalue weighted by Crippen LogP contribution is 2.16. The highest BCUT2D eigenvalue weighted by atomic mass is 32.2. The number of Topliss-reactive ketones (excluding diaryl/α,β-unsaturated/α-hetero) is 1. The Kier molecular flexibility index (Phi) is 15.2. The number of nitrogens with one attached hydrogen (secondary N) is 3. The first-order valence-electron chi connectivity index (χ1n) is 14.2. The molecular formula is C29H42N4O10S2. The van der Waals surface area contributed by atoms with Gasteiger partial charge in [0.2, 0.25) is 11.8 Å². The van der Waals surface area contributed by atoms with Gasteiger partial charge in [0.15, 0.2) is 5.78 Å². The van der Waals surface area contributed by atoms with Gasteiger partial charge in [-0.05, 0) is 32.3 Å². The van der Waals surface area contributed by atoms with Gasteiger partial charge in [0.05, 0.1) is 36.2 Å². The molecule has 0 fully saturated rings. The van der Waals surface area contributed by atoms with E-state index in [-0.39, 0.29) is 30.3 Å². The van der Waals surface area contributed by atoms with Crippen molar-refractivity contribution in [3.05, 3.63) is 52.0 Å². The second-order valence-electron chi connectivity index (χ2n) is 10.5. The molecular weight excluding hydrogens is 628 g/mol. The first-order chi connectivity index (χ1) is 21.2. The van der Waals surface area contributed by atoms with Gasteiger partial charge in [-0.25, -0.2) is 4.98 Å². The summed E-state index contributed by atoms with van der Waals surface area (Å²) in [7, 11) is -1.35. The predicted molar refractivity (Wildman–Crippen MR) is 166 cm³/mol. The smallest absolute Gasteiger partial charge is 0.267 e. The molecule has 4 atom stereocenters. The third-order valence-corrected chi connectivity index (χ3v) is 8.66. The molecule has 250 valence electrons. The fourth-order valence-electron chi connectivity index (χ4n) is 4.03. The third-order valence-electron chi connectivity index (χ3n) is 6.48. The third kappa shape index (κ3) is 12.6. The topological polar surface area (TPSA) is 199 Å². The number of aryl methyl sites for hydroxylation is 1. The van der Waals surface area contributed by atoms with Crippen molar-refractivity contribution in [3.63, 3.8) is 0 Å². The molecule has 2 aromatic rings. The molecule has 1 aromatic carbocycles. The lowest BCUT2D eigenvalue weighted by Crippen LogP contribution is -2.60. The number of nitrogens with zero attached hydrogens (tertiary/aromatic N) is 1. The van der Waals surface area contributed by atoms with Crippen molar-refractivity contribution in [1.29, 1.82) is 0 Å². The normalized spacial score (nSPS) is 14.9. The van der Waals surface area contributed by atoms with Gasteiger partial charge in [0, 0.05) is 14.2 Å². The monoisotopic (exact) mass is 670 g/mol. The van der Waals surface area contributed by atoms with Crippen LogP contribution < -0.4 is 16.0 Å². The molecule has 16 heteroatoms. The summed E-state index contributed by atoms with van der Waals surface area (Å²) in [5.41, 5.74) is -1.66. The van der Waals surface area contributed by atoms with Gasteiger partial charge >= 0.3 is 0 Å². The molecule has 1 aromatic heterocycles. The fourth-order valence-corrected chi connectivity index (χ4v) is 5.88. The van der Waals surface area contributed by atoms with Gasteiger partial charge in [-0.1, -0.05) is 43.7 Å². The van der Waals surface area contributed by atoms with Gasteiger partial charge < -0.3 is 30.5 Å². The van der Waals surface area contributed by atoms with E-state index in [1.807, 2.05) is 6.92 Å². The number of hydrogen-bond donors (Lipinski definition) is 4. The van der Waals surface area contributed by atoms with Gasteiger partial charge in [-0.3, -0.25) is 23.4 Å². The van der Waals surface area contributed by atoms with Crippen LogP contribution in [0.25, 0.3) is 0 Å². The summed E-state index contributed by atoms with van der Waals surface area (Å²) in [5, 5.41) is 19.3. The zero-order valence-electron chi connectivity index (χ0n) is 26.0. The fraction of sp³-hybridized carbons (Fsp3) is 0.552. The standard InChI is InChI=1S/C29H42N4O10S2/c1-6-7-13-45(39,40)43-18-29(3,38)25(34)21(14-20-11-9-8-10-12-20)31-26(35)22(16-41-4)32-27(36)23(17-42-5)33-28(37)24-15-30-19(2)44-24/h8-12,15,21-23,38H,6-7,13-14,16-18H2,1-5H3,(H,31,35)(H,32,36)(H,33,37)/t21-,22-,23-,29?/m0/s1. The van der Waals surface area contributed by atoms with Crippen LogP contribution in [-0.2, 0) is 44.6 Å². The van der Waals surface area contributed by atoms with E-state index in [4.69, 9.17) is 13.7 Å². The average molecular weight is 671 g/mol. The molecule has 0 aliphatic rings. The number of carbonyl (C=O) groups excluding carboxylic acids is 4. The molecule has 1 heterocycles. The Balaban J connectivity index is 2.24. The number of ether oxygens (including phenoxy) is 2. The number of methoxy groups -OCH3 is 2.